The van der Waals surface area contributed by atoms with E-state index < -0.39 is 5.97 Å². The number of hydrazone groups is 1. The average molecular weight is 348 g/mol. The minimum Gasteiger partial charge on any atom is -0.481 e. The second-order valence-corrected chi connectivity index (χ2v) is 7.17. The summed E-state index contributed by atoms with van der Waals surface area (Å²) in [4.78, 5) is 25.3. The van der Waals surface area contributed by atoms with Gasteiger partial charge in [-0.2, -0.15) is 5.10 Å². The maximum absolute atomic E-state index is 12.5. The molecule has 2 aromatic rings. The predicted molar refractivity (Wildman–Crippen MR) is 90.9 cm³/mol. The molecule has 0 aromatic carbocycles. The number of carbonyl (C=O) groups excluding carboxylic acids is 1. The van der Waals surface area contributed by atoms with E-state index in [2.05, 4.69) is 5.10 Å². The van der Waals surface area contributed by atoms with E-state index in [0.29, 0.717) is 12.8 Å². The van der Waals surface area contributed by atoms with Crippen LogP contribution in [0.5, 0.6) is 0 Å². The van der Waals surface area contributed by atoms with Crippen molar-refractivity contribution in [2.45, 2.75) is 31.7 Å². The van der Waals surface area contributed by atoms with Crippen molar-refractivity contribution >= 4 is 40.3 Å². The summed E-state index contributed by atoms with van der Waals surface area (Å²) in [6, 6.07) is 7.88. The van der Waals surface area contributed by atoms with E-state index >= 15 is 0 Å². The Hall–Kier alpha value is -1.99. The maximum Gasteiger partial charge on any atom is 0.303 e. The zero-order valence-electron chi connectivity index (χ0n) is 12.3. The Labute approximate surface area is 141 Å². The summed E-state index contributed by atoms with van der Waals surface area (Å²) < 4.78 is 0. The van der Waals surface area contributed by atoms with E-state index in [-0.39, 0.29) is 24.8 Å². The van der Waals surface area contributed by atoms with E-state index in [9.17, 15) is 9.59 Å². The Morgan fingerprint density at radius 2 is 2.00 bits per heavy atom. The minimum absolute atomic E-state index is 0.00471. The maximum atomic E-state index is 12.5. The van der Waals surface area contributed by atoms with Gasteiger partial charge in [0.05, 0.1) is 16.6 Å². The van der Waals surface area contributed by atoms with Gasteiger partial charge in [-0.05, 0) is 29.3 Å². The summed E-state index contributed by atoms with van der Waals surface area (Å²) >= 11 is 3.22. The molecule has 1 aliphatic heterocycles. The molecule has 0 spiro atoms. The Balaban J connectivity index is 1.77. The number of nitrogens with zero attached hydrogens (tertiary/aromatic N) is 2. The first-order chi connectivity index (χ1) is 11.1. The number of hydrogen-bond acceptors (Lipinski definition) is 5. The summed E-state index contributed by atoms with van der Waals surface area (Å²) in [5.74, 6) is -0.993. The first-order valence-electron chi connectivity index (χ1n) is 7.34. The lowest BCUT2D eigenvalue weighted by atomic mass is 10.1. The molecule has 0 unspecified atom stereocenters. The summed E-state index contributed by atoms with van der Waals surface area (Å²) in [6.07, 6.45) is 1.25. The molecule has 7 heteroatoms. The van der Waals surface area contributed by atoms with Gasteiger partial charge in [0.15, 0.2) is 0 Å². The van der Waals surface area contributed by atoms with Gasteiger partial charge < -0.3 is 5.11 Å². The highest BCUT2D eigenvalue weighted by Crippen LogP contribution is 2.36. The molecular formula is C16H16N2O3S2. The molecular weight excluding hydrogens is 332 g/mol. The normalized spacial score (nSPS) is 17.3. The summed E-state index contributed by atoms with van der Waals surface area (Å²) in [5.41, 5.74) is 0.921. The number of carboxylic acids is 1. The first-order valence-corrected chi connectivity index (χ1v) is 9.09. The lowest BCUT2D eigenvalue weighted by molar-refractivity contribution is -0.137. The smallest absolute Gasteiger partial charge is 0.303 e. The largest absolute Gasteiger partial charge is 0.481 e. The molecule has 1 amide bonds. The summed E-state index contributed by atoms with van der Waals surface area (Å²) in [6.45, 7) is 0. The van der Waals surface area contributed by atoms with Crippen molar-refractivity contribution in [3.8, 4) is 0 Å². The fourth-order valence-corrected chi connectivity index (χ4v) is 4.07. The molecule has 0 saturated heterocycles. The van der Waals surface area contributed by atoms with Gasteiger partial charge in [0, 0.05) is 24.1 Å². The second kappa shape index (κ2) is 7.06. The molecule has 5 nitrogen and oxygen atoms in total. The molecule has 0 aliphatic carbocycles. The van der Waals surface area contributed by atoms with Crippen molar-refractivity contribution in [1.29, 1.82) is 0 Å². The van der Waals surface area contributed by atoms with Gasteiger partial charge in [-0.15, -0.1) is 22.7 Å². The number of hydrogen-bond donors (Lipinski definition) is 1. The number of carboxylic acid groups (broad SMARTS) is 1. The SMILES string of the molecule is O=C(O)CCCC(=O)N1N=C(c2cccs2)C[C@H]1c1cccs1. The average Bonchev–Trinajstić information content (AvgIpc) is 3.26. The minimum atomic E-state index is -0.878. The quantitative estimate of drug-likeness (QED) is 0.864. The Morgan fingerprint density at radius 1 is 1.22 bits per heavy atom. The highest BCUT2D eigenvalue weighted by Gasteiger charge is 2.33. The number of carbonyl (C=O) groups is 2. The topological polar surface area (TPSA) is 70.0 Å². The molecule has 1 N–H and O–H groups in total. The zero-order chi connectivity index (χ0) is 16.2. The van der Waals surface area contributed by atoms with Crippen molar-refractivity contribution in [2.24, 2.45) is 5.10 Å². The van der Waals surface area contributed by atoms with E-state index in [0.717, 1.165) is 15.5 Å². The summed E-state index contributed by atoms with van der Waals surface area (Å²) in [5, 5.41) is 18.8. The third-order valence-corrected chi connectivity index (χ3v) is 5.52. The lowest BCUT2D eigenvalue weighted by Crippen LogP contribution is -2.26. The van der Waals surface area contributed by atoms with Crippen LogP contribution in [-0.4, -0.2) is 27.7 Å². The molecule has 120 valence electrons. The molecule has 23 heavy (non-hydrogen) atoms. The van der Waals surface area contributed by atoms with Crippen molar-refractivity contribution in [3.63, 3.8) is 0 Å². The van der Waals surface area contributed by atoms with Gasteiger partial charge in [0.2, 0.25) is 5.91 Å². The molecule has 2 aromatic heterocycles. The highest BCUT2D eigenvalue weighted by atomic mass is 32.1. The van der Waals surface area contributed by atoms with Gasteiger partial charge in [-0.25, -0.2) is 5.01 Å². The highest BCUT2D eigenvalue weighted by molar-refractivity contribution is 7.12. The van der Waals surface area contributed by atoms with Crippen LogP contribution in [0, 0.1) is 0 Å². The van der Waals surface area contributed by atoms with Crippen LogP contribution in [0.25, 0.3) is 0 Å². The van der Waals surface area contributed by atoms with E-state index in [1.165, 1.54) is 0 Å². The molecule has 1 atom stereocenters. The Morgan fingerprint density at radius 3 is 2.65 bits per heavy atom. The second-order valence-electron chi connectivity index (χ2n) is 5.24. The summed E-state index contributed by atoms with van der Waals surface area (Å²) in [7, 11) is 0. The van der Waals surface area contributed by atoms with E-state index in [1.54, 1.807) is 27.7 Å². The number of thiophene rings is 2. The monoisotopic (exact) mass is 348 g/mol. The van der Waals surface area contributed by atoms with Crippen LogP contribution in [0.3, 0.4) is 0 Å². The Kier molecular flexibility index (Phi) is 4.88. The van der Waals surface area contributed by atoms with Crippen LogP contribution in [0.15, 0.2) is 40.1 Å². The van der Waals surface area contributed by atoms with Crippen LogP contribution >= 0.6 is 22.7 Å². The van der Waals surface area contributed by atoms with E-state index in [4.69, 9.17) is 5.11 Å². The first kappa shape index (κ1) is 15.9. The number of amides is 1. The van der Waals surface area contributed by atoms with Crippen LogP contribution in [0.1, 0.15) is 41.5 Å². The fourth-order valence-electron chi connectivity index (χ4n) is 2.54. The van der Waals surface area contributed by atoms with Crippen LogP contribution in [-0.2, 0) is 9.59 Å². The van der Waals surface area contributed by atoms with Crippen molar-refractivity contribution in [2.75, 3.05) is 0 Å². The number of rotatable bonds is 6. The zero-order valence-corrected chi connectivity index (χ0v) is 14.0. The van der Waals surface area contributed by atoms with Crippen molar-refractivity contribution < 1.29 is 14.7 Å². The van der Waals surface area contributed by atoms with Crippen LogP contribution in [0.2, 0.25) is 0 Å². The van der Waals surface area contributed by atoms with E-state index in [1.807, 2.05) is 35.0 Å². The molecule has 0 radical (unpaired) electrons. The third-order valence-electron chi connectivity index (χ3n) is 3.62. The van der Waals surface area contributed by atoms with Crippen LogP contribution < -0.4 is 0 Å². The predicted octanol–water partition coefficient (Wildman–Crippen LogP) is 3.74. The Bertz CT molecular complexity index is 708. The molecule has 3 heterocycles. The molecule has 0 saturated carbocycles. The number of aliphatic carboxylic acids is 1. The lowest BCUT2D eigenvalue weighted by Gasteiger charge is -2.20. The molecule has 0 bridgehead atoms. The standard InChI is InChI=1S/C16H16N2O3S2/c19-15(6-1-7-16(20)21)18-12(14-5-3-9-23-14)10-11(17-18)13-4-2-8-22-13/h2-5,8-9,12H,1,6-7,10H2,(H,20,21)/t12-/m0/s1. The van der Waals surface area contributed by atoms with Gasteiger partial charge >= 0.3 is 5.97 Å². The fraction of sp³-hybridized carbons (Fsp3) is 0.312. The molecule has 3 rings (SSSR count). The van der Waals surface area contributed by atoms with Crippen molar-refractivity contribution in [3.05, 3.63) is 44.8 Å². The molecule has 1 aliphatic rings. The van der Waals surface area contributed by atoms with Gasteiger partial charge in [0.1, 0.15) is 0 Å². The van der Waals surface area contributed by atoms with Gasteiger partial charge in [-0.3, -0.25) is 9.59 Å². The molecule has 0 fully saturated rings. The third kappa shape index (κ3) is 3.68. The van der Waals surface area contributed by atoms with Crippen LogP contribution in [0.4, 0.5) is 0 Å². The van der Waals surface area contributed by atoms with Gasteiger partial charge in [-0.1, -0.05) is 12.1 Å². The van der Waals surface area contributed by atoms with Crippen molar-refractivity contribution in [1.82, 2.24) is 5.01 Å². The van der Waals surface area contributed by atoms with Gasteiger partial charge in [0.25, 0.3) is 0 Å².